The number of hydrogen-bond acceptors (Lipinski definition) is 3. The maximum Gasteiger partial charge on any atom is 0.157 e. The molecule has 3 heteroatoms. The SMILES string of the molecule is CC.Cc1ccc(CCOC2CCCCO2)s1. The molecule has 1 unspecified atom stereocenters. The van der Waals surface area contributed by atoms with Crippen molar-refractivity contribution in [2.24, 2.45) is 0 Å². The molecule has 0 spiro atoms. The normalized spacial score (nSPS) is 19.6. The first-order chi connectivity index (χ1) is 8.34. The average molecular weight is 256 g/mol. The minimum Gasteiger partial charge on any atom is -0.353 e. The predicted molar refractivity (Wildman–Crippen MR) is 73.7 cm³/mol. The fourth-order valence-corrected chi connectivity index (χ4v) is 2.62. The van der Waals surface area contributed by atoms with Crippen LogP contribution in [0.2, 0.25) is 0 Å². The molecule has 1 aromatic heterocycles. The Morgan fingerprint density at radius 3 is 2.76 bits per heavy atom. The van der Waals surface area contributed by atoms with Gasteiger partial charge in [0.1, 0.15) is 0 Å². The zero-order valence-corrected chi connectivity index (χ0v) is 12.0. The number of ether oxygens (including phenoxy) is 2. The van der Waals surface area contributed by atoms with Gasteiger partial charge in [0.15, 0.2) is 6.29 Å². The molecule has 1 aliphatic rings. The molecule has 98 valence electrons. The molecule has 0 aliphatic carbocycles. The number of thiophene rings is 1. The molecule has 0 amide bonds. The summed E-state index contributed by atoms with van der Waals surface area (Å²) in [4.78, 5) is 2.78. The van der Waals surface area contributed by atoms with Crippen molar-refractivity contribution in [1.82, 2.24) is 0 Å². The van der Waals surface area contributed by atoms with Crippen LogP contribution in [-0.2, 0) is 15.9 Å². The van der Waals surface area contributed by atoms with Crippen molar-refractivity contribution >= 4 is 11.3 Å². The lowest BCUT2D eigenvalue weighted by Crippen LogP contribution is -2.23. The van der Waals surface area contributed by atoms with Crippen molar-refractivity contribution < 1.29 is 9.47 Å². The van der Waals surface area contributed by atoms with Gasteiger partial charge in [-0.3, -0.25) is 0 Å². The molecule has 1 atom stereocenters. The highest BCUT2D eigenvalue weighted by Gasteiger charge is 2.13. The van der Waals surface area contributed by atoms with Crippen LogP contribution in [0, 0.1) is 6.92 Å². The Kier molecular flexibility index (Phi) is 7.49. The summed E-state index contributed by atoms with van der Waals surface area (Å²) in [6, 6.07) is 4.35. The maximum atomic E-state index is 5.68. The van der Waals surface area contributed by atoms with E-state index in [0.717, 1.165) is 26.1 Å². The van der Waals surface area contributed by atoms with Crippen LogP contribution < -0.4 is 0 Å². The van der Waals surface area contributed by atoms with Gasteiger partial charge in [0.2, 0.25) is 0 Å². The minimum atomic E-state index is 0.0554. The summed E-state index contributed by atoms with van der Waals surface area (Å²) >= 11 is 1.85. The summed E-state index contributed by atoms with van der Waals surface area (Å²) in [5.74, 6) is 0. The van der Waals surface area contributed by atoms with Crippen LogP contribution in [0.15, 0.2) is 12.1 Å². The van der Waals surface area contributed by atoms with Gasteiger partial charge in [-0.25, -0.2) is 0 Å². The monoisotopic (exact) mass is 256 g/mol. The van der Waals surface area contributed by atoms with Gasteiger partial charge < -0.3 is 9.47 Å². The van der Waals surface area contributed by atoms with Crippen LogP contribution >= 0.6 is 11.3 Å². The Hall–Kier alpha value is -0.380. The number of aryl methyl sites for hydroxylation is 1. The van der Waals surface area contributed by atoms with Crippen LogP contribution in [0.1, 0.15) is 42.9 Å². The first-order valence-corrected chi connectivity index (χ1v) is 7.45. The first-order valence-electron chi connectivity index (χ1n) is 6.63. The van der Waals surface area contributed by atoms with Crippen molar-refractivity contribution in [3.8, 4) is 0 Å². The lowest BCUT2D eigenvalue weighted by molar-refractivity contribution is -0.161. The third-order valence-corrected chi connectivity index (χ3v) is 3.65. The van der Waals surface area contributed by atoms with E-state index in [1.165, 1.54) is 22.6 Å². The van der Waals surface area contributed by atoms with E-state index >= 15 is 0 Å². The highest BCUT2D eigenvalue weighted by molar-refractivity contribution is 7.11. The van der Waals surface area contributed by atoms with Gasteiger partial charge in [-0.15, -0.1) is 11.3 Å². The fraction of sp³-hybridized carbons (Fsp3) is 0.714. The molecule has 1 aromatic rings. The van der Waals surface area contributed by atoms with Gasteiger partial charge in [0.25, 0.3) is 0 Å². The lowest BCUT2D eigenvalue weighted by Gasteiger charge is -2.22. The summed E-state index contributed by atoms with van der Waals surface area (Å²) in [5.41, 5.74) is 0. The molecule has 1 fully saturated rings. The van der Waals surface area contributed by atoms with E-state index in [2.05, 4.69) is 19.1 Å². The van der Waals surface area contributed by atoms with Gasteiger partial charge in [-0.05, 0) is 38.3 Å². The predicted octanol–water partition coefficient (Wildman–Crippen LogP) is 4.17. The molecule has 17 heavy (non-hydrogen) atoms. The molecule has 2 rings (SSSR count). The second-order valence-corrected chi connectivity index (χ2v) is 5.30. The zero-order chi connectivity index (χ0) is 12.5. The van der Waals surface area contributed by atoms with Crippen LogP contribution in [-0.4, -0.2) is 19.5 Å². The van der Waals surface area contributed by atoms with E-state index in [1.807, 2.05) is 25.2 Å². The standard InChI is InChI=1S/C12H18O2S.C2H6/c1-10-5-6-11(15-10)7-9-14-12-4-2-3-8-13-12;1-2/h5-6,12H,2-4,7-9H2,1H3;1-2H3. The third-order valence-electron chi connectivity index (χ3n) is 2.59. The van der Waals surface area contributed by atoms with E-state index in [9.17, 15) is 0 Å². The molecule has 0 saturated carbocycles. The van der Waals surface area contributed by atoms with E-state index < -0.39 is 0 Å². The lowest BCUT2D eigenvalue weighted by atomic mass is 10.2. The van der Waals surface area contributed by atoms with Gasteiger partial charge in [-0.1, -0.05) is 13.8 Å². The Labute approximate surface area is 109 Å². The van der Waals surface area contributed by atoms with Gasteiger partial charge in [-0.2, -0.15) is 0 Å². The minimum absolute atomic E-state index is 0.0554. The van der Waals surface area contributed by atoms with E-state index in [1.54, 1.807) is 0 Å². The van der Waals surface area contributed by atoms with Gasteiger partial charge in [0, 0.05) is 22.8 Å². The van der Waals surface area contributed by atoms with Crippen molar-refractivity contribution in [3.05, 3.63) is 21.9 Å². The third kappa shape index (κ3) is 5.66. The summed E-state index contributed by atoms with van der Waals surface area (Å²) < 4.78 is 11.2. The summed E-state index contributed by atoms with van der Waals surface area (Å²) in [5, 5.41) is 0. The van der Waals surface area contributed by atoms with E-state index in [-0.39, 0.29) is 6.29 Å². The quantitative estimate of drug-likeness (QED) is 0.805. The average Bonchev–Trinajstić information content (AvgIpc) is 2.79. The molecule has 0 radical (unpaired) electrons. The second-order valence-electron chi connectivity index (χ2n) is 3.93. The number of hydrogen-bond donors (Lipinski definition) is 0. The molecular weight excluding hydrogens is 232 g/mol. The summed E-state index contributed by atoms with van der Waals surface area (Å²) in [6.45, 7) is 7.78. The molecule has 1 saturated heterocycles. The van der Waals surface area contributed by atoms with Crippen molar-refractivity contribution in [1.29, 1.82) is 0 Å². The van der Waals surface area contributed by atoms with Crippen molar-refractivity contribution in [2.45, 2.75) is 52.7 Å². The highest BCUT2D eigenvalue weighted by atomic mass is 32.1. The summed E-state index contributed by atoms with van der Waals surface area (Å²) in [6.07, 6.45) is 4.55. The zero-order valence-electron chi connectivity index (χ0n) is 11.2. The van der Waals surface area contributed by atoms with Crippen LogP contribution in [0.5, 0.6) is 0 Å². The van der Waals surface area contributed by atoms with E-state index in [0.29, 0.717) is 0 Å². The Morgan fingerprint density at radius 1 is 1.35 bits per heavy atom. The van der Waals surface area contributed by atoms with Crippen molar-refractivity contribution in [2.75, 3.05) is 13.2 Å². The highest BCUT2D eigenvalue weighted by Crippen LogP contribution is 2.17. The second kappa shape index (κ2) is 8.67. The molecule has 1 aliphatic heterocycles. The fourth-order valence-electron chi connectivity index (χ4n) is 1.75. The smallest absolute Gasteiger partial charge is 0.157 e. The first kappa shape index (κ1) is 14.7. The van der Waals surface area contributed by atoms with Crippen LogP contribution in [0.3, 0.4) is 0 Å². The largest absolute Gasteiger partial charge is 0.353 e. The maximum absolute atomic E-state index is 5.68. The Balaban J connectivity index is 0.000000686. The molecule has 0 bridgehead atoms. The van der Waals surface area contributed by atoms with Crippen molar-refractivity contribution in [3.63, 3.8) is 0 Å². The topological polar surface area (TPSA) is 18.5 Å². The molecule has 2 nitrogen and oxygen atoms in total. The molecule has 0 aromatic carbocycles. The van der Waals surface area contributed by atoms with Crippen LogP contribution in [0.25, 0.3) is 0 Å². The number of rotatable bonds is 4. The molecule has 2 heterocycles. The van der Waals surface area contributed by atoms with Gasteiger partial charge >= 0.3 is 0 Å². The Bertz CT molecular complexity index is 290. The van der Waals surface area contributed by atoms with E-state index in [4.69, 9.17) is 9.47 Å². The summed E-state index contributed by atoms with van der Waals surface area (Å²) in [7, 11) is 0. The Morgan fingerprint density at radius 2 is 2.18 bits per heavy atom. The van der Waals surface area contributed by atoms with Gasteiger partial charge in [0.05, 0.1) is 6.61 Å². The molecular formula is C14H24O2S. The van der Waals surface area contributed by atoms with Crippen LogP contribution in [0.4, 0.5) is 0 Å². The molecule has 0 N–H and O–H groups in total.